The van der Waals surface area contributed by atoms with Gasteiger partial charge in [-0.1, -0.05) is 34.6 Å². The summed E-state index contributed by atoms with van der Waals surface area (Å²) in [6.45, 7) is 11.6. The van der Waals surface area contributed by atoms with E-state index in [1.807, 2.05) is 0 Å². The maximum absolute atomic E-state index is 9.70. The summed E-state index contributed by atoms with van der Waals surface area (Å²) >= 11 is 1.72. The molecule has 2 rings (SSSR count). The first kappa shape index (κ1) is 14.0. The monoisotopic (exact) mass is 268 g/mol. The van der Waals surface area contributed by atoms with Crippen LogP contribution in [0, 0.1) is 5.41 Å². The lowest BCUT2D eigenvalue weighted by molar-refractivity contribution is -0.0729. The smallest absolute Gasteiger partial charge is 0.107 e. The lowest BCUT2D eigenvalue weighted by atomic mass is 9.64. The van der Waals surface area contributed by atoms with Crippen molar-refractivity contribution in [2.75, 3.05) is 0 Å². The van der Waals surface area contributed by atoms with Crippen molar-refractivity contribution in [2.45, 2.75) is 65.1 Å². The second-order valence-corrected chi connectivity index (χ2v) is 7.83. The third-order valence-electron chi connectivity index (χ3n) is 4.04. The molecule has 0 radical (unpaired) electrons. The zero-order valence-corrected chi connectivity index (χ0v) is 12.8. The van der Waals surface area contributed by atoms with Crippen LogP contribution >= 0.6 is 11.3 Å². The number of hydrogen-bond acceptors (Lipinski definition) is 4. The van der Waals surface area contributed by atoms with Crippen LogP contribution in [0.4, 0.5) is 0 Å². The van der Waals surface area contributed by atoms with Crippen LogP contribution in [-0.2, 0) is 12.0 Å². The van der Waals surface area contributed by atoms with Crippen LogP contribution in [-0.4, -0.2) is 22.2 Å². The maximum Gasteiger partial charge on any atom is 0.107 e. The minimum atomic E-state index is -0.170. The minimum Gasteiger partial charge on any atom is -0.392 e. The summed E-state index contributed by atoms with van der Waals surface area (Å²) in [5.74, 6) is 0. The highest BCUT2D eigenvalue weighted by Gasteiger charge is 2.46. The van der Waals surface area contributed by atoms with Gasteiger partial charge in [0.05, 0.1) is 11.8 Å². The standard InChI is InChI=1S/C14H24N2OS/c1-13(2,3)10-8-18-12(16-10)7-15-9-6-11(17)14(9,4)5/h8-9,11,15,17H,6-7H2,1-5H3. The molecule has 1 aromatic heterocycles. The topological polar surface area (TPSA) is 45.1 Å². The first-order chi connectivity index (χ1) is 8.21. The Labute approximate surface area is 114 Å². The summed E-state index contributed by atoms with van der Waals surface area (Å²) in [6.07, 6.45) is 0.682. The molecule has 1 aromatic rings. The quantitative estimate of drug-likeness (QED) is 0.886. The summed E-state index contributed by atoms with van der Waals surface area (Å²) < 4.78 is 0. The Morgan fingerprint density at radius 2 is 2.17 bits per heavy atom. The molecule has 0 saturated heterocycles. The van der Waals surface area contributed by atoms with Gasteiger partial charge in [-0.05, 0) is 6.42 Å². The van der Waals surface area contributed by atoms with Gasteiger partial charge in [0, 0.05) is 28.8 Å². The van der Waals surface area contributed by atoms with E-state index in [-0.39, 0.29) is 16.9 Å². The molecular formula is C14H24N2OS. The fourth-order valence-corrected chi connectivity index (χ4v) is 3.17. The molecule has 1 aliphatic rings. The van der Waals surface area contributed by atoms with Crippen LogP contribution in [0.3, 0.4) is 0 Å². The Hall–Kier alpha value is -0.450. The molecule has 4 heteroatoms. The van der Waals surface area contributed by atoms with E-state index in [9.17, 15) is 5.11 Å². The Balaban J connectivity index is 1.90. The van der Waals surface area contributed by atoms with Crippen LogP contribution in [0.25, 0.3) is 0 Å². The number of aromatic nitrogens is 1. The highest BCUT2D eigenvalue weighted by molar-refractivity contribution is 7.09. The first-order valence-electron chi connectivity index (χ1n) is 6.57. The van der Waals surface area contributed by atoms with Gasteiger partial charge in [-0.2, -0.15) is 0 Å². The number of hydrogen-bond donors (Lipinski definition) is 2. The molecule has 0 bridgehead atoms. The maximum atomic E-state index is 9.70. The average molecular weight is 268 g/mol. The third-order valence-corrected chi connectivity index (χ3v) is 4.88. The third kappa shape index (κ3) is 2.60. The largest absolute Gasteiger partial charge is 0.392 e. The van der Waals surface area contributed by atoms with Crippen molar-refractivity contribution in [3.05, 3.63) is 16.1 Å². The lowest BCUT2D eigenvalue weighted by Crippen LogP contribution is -2.59. The molecule has 1 aliphatic carbocycles. The van der Waals surface area contributed by atoms with Crippen molar-refractivity contribution in [3.8, 4) is 0 Å². The highest BCUT2D eigenvalue weighted by Crippen LogP contribution is 2.40. The number of rotatable bonds is 3. The van der Waals surface area contributed by atoms with Gasteiger partial charge in [0.1, 0.15) is 5.01 Å². The summed E-state index contributed by atoms with van der Waals surface area (Å²) in [7, 11) is 0. The van der Waals surface area contributed by atoms with Gasteiger partial charge in [0.25, 0.3) is 0 Å². The summed E-state index contributed by atoms with van der Waals surface area (Å²) in [6, 6.07) is 0.398. The van der Waals surface area contributed by atoms with E-state index in [1.54, 1.807) is 11.3 Å². The average Bonchev–Trinajstić information content (AvgIpc) is 2.72. The molecule has 3 nitrogen and oxygen atoms in total. The normalized spacial score (nSPS) is 27.0. The summed E-state index contributed by atoms with van der Waals surface area (Å²) in [5.41, 5.74) is 1.28. The lowest BCUT2D eigenvalue weighted by Gasteiger charge is -2.49. The molecule has 0 aromatic carbocycles. The fourth-order valence-electron chi connectivity index (χ4n) is 2.20. The second-order valence-electron chi connectivity index (χ2n) is 6.88. The van der Waals surface area contributed by atoms with Crippen LogP contribution in [0.2, 0.25) is 0 Å². The van der Waals surface area contributed by atoms with Crippen molar-refractivity contribution < 1.29 is 5.11 Å². The van der Waals surface area contributed by atoms with Crippen LogP contribution in [0.15, 0.2) is 5.38 Å². The Morgan fingerprint density at radius 3 is 2.61 bits per heavy atom. The molecule has 2 N–H and O–H groups in total. The van der Waals surface area contributed by atoms with E-state index in [0.717, 1.165) is 23.7 Å². The zero-order chi connectivity index (χ0) is 13.6. The summed E-state index contributed by atoms with van der Waals surface area (Å²) in [5, 5.41) is 16.5. The number of aliphatic hydroxyl groups excluding tert-OH is 1. The first-order valence-corrected chi connectivity index (χ1v) is 7.45. The van der Waals surface area contributed by atoms with Crippen molar-refractivity contribution in [1.82, 2.24) is 10.3 Å². The van der Waals surface area contributed by atoms with E-state index < -0.39 is 0 Å². The molecular weight excluding hydrogens is 244 g/mol. The predicted molar refractivity (Wildman–Crippen MR) is 75.8 cm³/mol. The number of nitrogens with zero attached hydrogens (tertiary/aromatic N) is 1. The molecule has 0 spiro atoms. The van der Waals surface area contributed by atoms with Gasteiger partial charge >= 0.3 is 0 Å². The van der Waals surface area contributed by atoms with Crippen molar-refractivity contribution >= 4 is 11.3 Å². The molecule has 1 fully saturated rings. The van der Waals surface area contributed by atoms with Crippen LogP contribution in [0.5, 0.6) is 0 Å². The Morgan fingerprint density at radius 1 is 1.50 bits per heavy atom. The van der Waals surface area contributed by atoms with Crippen molar-refractivity contribution in [1.29, 1.82) is 0 Å². The van der Waals surface area contributed by atoms with Gasteiger partial charge < -0.3 is 10.4 Å². The summed E-state index contributed by atoms with van der Waals surface area (Å²) in [4.78, 5) is 4.67. The highest BCUT2D eigenvalue weighted by atomic mass is 32.1. The van der Waals surface area contributed by atoms with Crippen LogP contribution < -0.4 is 5.32 Å². The van der Waals surface area contributed by atoms with E-state index in [2.05, 4.69) is 50.3 Å². The zero-order valence-electron chi connectivity index (χ0n) is 11.9. The molecule has 2 unspecified atom stereocenters. The molecule has 0 aliphatic heterocycles. The van der Waals surface area contributed by atoms with Crippen molar-refractivity contribution in [3.63, 3.8) is 0 Å². The molecule has 2 atom stereocenters. The molecule has 18 heavy (non-hydrogen) atoms. The van der Waals surface area contributed by atoms with E-state index in [1.165, 1.54) is 0 Å². The Bertz CT molecular complexity index is 420. The number of thiazole rings is 1. The predicted octanol–water partition coefficient (Wildman–Crippen LogP) is 2.69. The van der Waals surface area contributed by atoms with Gasteiger partial charge in [0.15, 0.2) is 0 Å². The molecule has 102 valence electrons. The molecule has 1 heterocycles. The van der Waals surface area contributed by atoms with E-state index in [0.29, 0.717) is 6.04 Å². The molecule has 0 amide bonds. The minimum absolute atomic E-state index is 0.00980. The molecule has 1 saturated carbocycles. The Kier molecular flexibility index (Phi) is 3.56. The van der Waals surface area contributed by atoms with Crippen molar-refractivity contribution in [2.24, 2.45) is 5.41 Å². The van der Waals surface area contributed by atoms with Gasteiger partial charge in [-0.3, -0.25) is 0 Å². The van der Waals surface area contributed by atoms with Gasteiger partial charge in [-0.25, -0.2) is 4.98 Å². The van der Waals surface area contributed by atoms with Gasteiger partial charge in [-0.15, -0.1) is 11.3 Å². The fraction of sp³-hybridized carbons (Fsp3) is 0.786. The van der Waals surface area contributed by atoms with Gasteiger partial charge in [0.2, 0.25) is 0 Å². The van der Waals surface area contributed by atoms with E-state index in [4.69, 9.17) is 0 Å². The van der Waals surface area contributed by atoms with Crippen LogP contribution in [0.1, 0.15) is 51.7 Å². The number of nitrogens with one attached hydrogen (secondary N) is 1. The SMILES string of the molecule is CC(C)(C)c1csc(CNC2CC(O)C2(C)C)n1. The second kappa shape index (κ2) is 4.58. The van der Waals surface area contributed by atoms with E-state index >= 15 is 0 Å². The number of aliphatic hydroxyl groups is 1.